The summed E-state index contributed by atoms with van der Waals surface area (Å²) in [6, 6.07) is 8.98. The van der Waals surface area contributed by atoms with Crippen LogP contribution in [0.2, 0.25) is 0 Å². The molecule has 0 aliphatic heterocycles. The van der Waals surface area contributed by atoms with Crippen LogP contribution in [-0.4, -0.2) is 16.1 Å². The molecule has 0 saturated heterocycles. The van der Waals surface area contributed by atoms with Gasteiger partial charge >= 0.3 is 5.97 Å². The Morgan fingerprint density at radius 2 is 1.62 bits per heavy atom. The van der Waals surface area contributed by atoms with Crippen LogP contribution in [-0.2, 0) is 15.6 Å². The highest BCUT2D eigenvalue weighted by molar-refractivity contribution is 5.93. The molecule has 0 saturated carbocycles. The average molecular weight is 430 g/mol. The van der Waals surface area contributed by atoms with Crippen LogP contribution < -0.4 is 0 Å². The van der Waals surface area contributed by atoms with Gasteiger partial charge in [-0.2, -0.15) is 0 Å². The Labute approximate surface area is 192 Å². The van der Waals surface area contributed by atoms with Crippen LogP contribution in [0.15, 0.2) is 36.5 Å². The van der Waals surface area contributed by atoms with Crippen molar-refractivity contribution in [3.8, 4) is 0 Å². The van der Waals surface area contributed by atoms with Gasteiger partial charge in [0, 0.05) is 12.3 Å². The summed E-state index contributed by atoms with van der Waals surface area (Å²) in [5.41, 5.74) is 11.5. The molecule has 0 spiro atoms. The summed E-state index contributed by atoms with van der Waals surface area (Å²) >= 11 is 0. The number of nitrogens with zero attached hydrogens (tertiary/aromatic N) is 1. The number of allylic oxidation sites excluding steroid dienone is 3. The number of aliphatic carboxylic acids is 1. The summed E-state index contributed by atoms with van der Waals surface area (Å²) in [6.07, 6.45) is 8.75. The molecule has 0 atom stereocenters. The van der Waals surface area contributed by atoms with Gasteiger partial charge in [0.15, 0.2) is 0 Å². The lowest BCUT2D eigenvalue weighted by Crippen LogP contribution is -2.34. The maximum atomic E-state index is 11.0. The number of carboxylic acid groups (broad SMARTS) is 1. The SMILES string of the molecule is CC(=CC(=O)O)c1ccc(C2=C(c3cc4c(cc3C)C(C)(C)CCC4(C)C)CCC2)nc1. The lowest BCUT2D eigenvalue weighted by Gasteiger charge is -2.42. The summed E-state index contributed by atoms with van der Waals surface area (Å²) in [5.74, 6) is -0.929. The van der Waals surface area contributed by atoms with E-state index in [-0.39, 0.29) is 10.8 Å². The molecule has 0 radical (unpaired) electrons. The van der Waals surface area contributed by atoms with Crippen molar-refractivity contribution in [1.29, 1.82) is 0 Å². The van der Waals surface area contributed by atoms with Gasteiger partial charge in [0.05, 0.1) is 5.69 Å². The summed E-state index contributed by atoms with van der Waals surface area (Å²) < 4.78 is 0. The van der Waals surface area contributed by atoms with Gasteiger partial charge in [0.1, 0.15) is 0 Å². The van der Waals surface area contributed by atoms with Gasteiger partial charge in [0.25, 0.3) is 0 Å². The highest BCUT2D eigenvalue weighted by atomic mass is 16.4. The van der Waals surface area contributed by atoms with E-state index in [1.165, 1.54) is 52.3 Å². The molecule has 1 N–H and O–H groups in total. The smallest absolute Gasteiger partial charge is 0.328 e. The second-order valence-electron chi connectivity index (χ2n) is 10.9. The standard InChI is InChI=1S/C29H35NO2/c1-18(15-27(31)32)20-10-11-26(30-17-20)22-9-7-8-21(22)23-16-25-24(14-19(23)2)28(3,4)12-13-29(25,5)6/h10-11,14-17H,7-9,12-13H2,1-6H3,(H,31,32). The van der Waals surface area contributed by atoms with Gasteiger partial charge in [-0.1, -0.05) is 45.9 Å². The third-order valence-electron chi connectivity index (χ3n) is 7.61. The molecular weight excluding hydrogens is 394 g/mol. The fourth-order valence-electron chi connectivity index (χ4n) is 5.45. The Kier molecular flexibility index (Phi) is 5.65. The summed E-state index contributed by atoms with van der Waals surface area (Å²) in [7, 11) is 0. The van der Waals surface area contributed by atoms with Gasteiger partial charge in [-0.3, -0.25) is 4.98 Å². The van der Waals surface area contributed by atoms with Crippen LogP contribution in [0.3, 0.4) is 0 Å². The van der Waals surface area contributed by atoms with Crippen molar-refractivity contribution in [2.24, 2.45) is 0 Å². The van der Waals surface area contributed by atoms with E-state index in [9.17, 15) is 4.79 Å². The van der Waals surface area contributed by atoms with Crippen molar-refractivity contribution in [3.63, 3.8) is 0 Å². The van der Waals surface area contributed by atoms with Crippen LogP contribution >= 0.6 is 0 Å². The van der Waals surface area contributed by atoms with E-state index in [1.54, 1.807) is 6.20 Å². The zero-order chi connectivity index (χ0) is 23.3. The average Bonchev–Trinajstić information content (AvgIpc) is 3.20. The first-order valence-electron chi connectivity index (χ1n) is 11.8. The highest BCUT2D eigenvalue weighted by Gasteiger charge is 2.37. The second-order valence-corrected chi connectivity index (χ2v) is 10.9. The van der Waals surface area contributed by atoms with E-state index in [0.717, 1.165) is 30.5 Å². The van der Waals surface area contributed by atoms with Crippen LogP contribution in [0.25, 0.3) is 16.7 Å². The van der Waals surface area contributed by atoms with Crippen molar-refractivity contribution in [2.45, 2.75) is 84.5 Å². The number of benzene rings is 1. The fraction of sp³-hybridized carbons (Fsp3) is 0.448. The number of hydrogen-bond donors (Lipinski definition) is 1. The number of hydrogen-bond acceptors (Lipinski definition) is 2. The molecule has 1 heterocycles. The van der Waals surface area contributed by atoms with E-state index in [4.69, 9.17) is 10.1 Å². The van der Waals surface area contributed by atoms with Gasteiger partial charge in [-0.25, -0.2) is 4.79 Å². The second kappa shape index (κ2) is 8.03. The molecule has 4 rings (SSSR count). The Bertz CT molecular complexity index is 1130. The van der Waals surface area contributed by atoms with E-state index in [0.29, 0.717) is 5.57 Å². The lowest BCUT2D eigenvalue weighted by atomic mass is 9.62. The number of aromatic nitrogens is 1. The Morgan fingerprint density at radius 3 is 2.22 bits per heavy atom. The molecule has 0 unspecified atom stereocenters. The summed E-state index contributed by atoms with van der Waals surface area (Å²) in [6.45, 7) is 13.6. The Morgan fingerprint density at radius 1 is 1.00 bits per heavy atom. The number of aryl methyl sites for hydroxylation is 1. The minimum absolute atomic E-state index is 0.195. The predicted octanol–water partition coefficient (Wildman–Crippen LogP) is 7.32. The number of carboxylic acids is 1. The normalized spacial score (nSPS) is 19.8. The first-order chi connectivity index (χ1) is 15.0. The van der Waals surface area contributed by atoms with Crippen molar-refractivity contribution < 1.29 is 9.90 Å². The van der Waals surface area contributed by atoms with Crippen LogP contribution in [0, 0.1) is 6.92 Å². The molecule has 1 aromatic heterocycles. The van der Waals surface area contributed by atoms with Crippen molar-refractivity contribution in [1.82, 2.24) is 4.98 Å². The molecule has 0 amide bonds. The van der Waals surface area contributed by atoms with Crippen molar-refractivity contribution in [3.05, 3.63) is 70.0 Å². The maximum Gasteiger partial charge on any atom is 0.328 e. The zero-order valence-electron chi connectivity index (χ0n) is 20.3. The molecule has 0 bridgehead atoms. The molecule has 2 aromatic rings. The first-order valence-corrected chi connectivity index (χ1v) is 11.8. The van der Waals surface area contributed by atoms with E-state index < -0.39 is 5.97 Å². The molecule has 0 fully saturated rings. The van der Waals surface area contributed by atoms with Gasteiger partial charge < -0.3 is 5.11 Å². The Hall–Kier alpha value is -2.68. The number of rotatable bonds is 4. The largest absolute Gasteiger partial charge is 0.478 e. The summed E-state index contributed by atoms with van der Waals surface area (Å²) in [5, 5.41) is 9.01. The van der Waals surface area contributed by atoms with Crippen LogP contribution in [0.1, 0.15) is 100 Å². The van der Waals surface area contributed by atoms with E-state index in [2.05, 4.69) is 52.8 Å². The van der Waals surface area contributed by atoms with Crippen LogP contribution in [0.4, 0.5) is 0 Å². The number of pyridine rings is 1. The first kappa shape index (κ1) is 22.5. The molecule has 2 aliphatic rings. The minimum atomic E-state index is -0.929. The third kappa shape index (κ3) is 4.05. The molecule has 168 valence electrons. The monoisotopic (exact) mass is 429 g/mol. The fourth-order valence-corrected chi connectivity index (χ4v) is 5.45. The molecule has 3 heteroatoms. The third-order valence-corrected chi connectivity index (χ3v) is 7.61. The van der Waals surface area contributed by atoms with E-state index >= 15 is 0 Å². The molecule has 2 aliphatic carbocycles. The summed E-state index contributed by atoms with van der Waals surface area (Å²) in [4.78, 5) is 15.7. The maximum absolute atomic E-state index is 11.0. The number of fused-ring (bicyclic) bond motifs is 1. The Balaban J connectivity index is 1.79. The van der Waals surface area contributed by atoms with Gasteiger partial charge in [-0.05, 0) is 107 Å². The van der Waals surface area contributed by atoms with Crippen molar-refractivity contribution in [2.75, 3.05) is 0 Å². The van der Waals surface area contributed by atoms with Gasteiger partial charge in [0.2, 0.25) is 0 Å². The zero-order valence-corrected chi connectivity index (χ0v) is 20.3. The lowest BCUT2D eigenvalue weighted by molar-refractivity contribution is -0.131. The topological polar surface area (TPSA) is 50.2 Å². The molecule has 1 aromatic carbocycles. The van der Waals surface area contributed by atoms with Crippen molar-refractivity contribution >= 4 is 22.7 Å². The molecule has 3 nitrogen and oxygen atoms in total. The molecule has 32 heavy (non-hydrogen) atoms. The minimum Gasteiger partial charge on any atom is -0.478 e. The molecular formula is C29H35NO2. The van der Waals surface area contributed by atoms with Gasteiger partial charge in [-0.15, -0.1) is 0 Å². The van der Waals surface area contributed by atoms with Crippen LogP contribution in [0.5, 0.6) is 0 Å². The quantitative estimate of drug-likeness (QED) is 0.518. The predicted molar refractivity (Wildman–Crippen MR) is 133 cm³/mol. The highest BCUT2D eigenvalue weighted by Crippen LogP contribution is 2.49. The number of carbonyl (C=O) groups is 1. The van der Waals surface area contributed by atoms with E-state index in [1.807, 2.05) is 13.0 Å².